The maximum absolute atomic E-state index is 13.1. The lowest BCUT2D eigenvalue weighted by Crippen LogP contribution is -2.30. The molecule has 17 nitrogen and oxygen atoms in total. The molecule has 0 heterocycles. The van der Waals surface area contributed by atoms with Crippen LogP contribution in [0.2, 0.25) is 0 Å². The molecule has 3 N–H and O–H groups in total. The zero-order valence-electron chi connectivity index (χ0n) is 61.3. The predicted octanol–water partition coefficient (Wildman–Crippen LogP) is 21.9. The van der Waals surface area contributed by atoms with Gasteiger partial charge >= 0.3 is 39.5 Å². The fraction of sp³-hybridized carbons (Fsp3) is 0.947. The maximum Gasteiger partial charge on any atom is 0.472 e. The van der Waals surface area contributed by atoms with E-state index in [1.165, 1.54) is 205 Å². The van der Waals surface area contributed by atoms with Crippen LogP contribution in [0.5, 0.6) is 0 Å². The summed E-state index contributed by atoms with van der Waals surface area (Å²) in [7, 11) is -9.91. The molecular weight excluding hydrogens is 1230 g/mol. The minimum Gasteiger partial charge on any atom is -0.462 e. The number of carbonyl (C=O) groups excluding carboxylic acids is 4. The number of phosphoric ester groups is 2. The Hall–Kier alpha value is -1.94. The number of unbranched alkanes of at least 4 members (excludes halogenated alkanes) is 43. The van der Waals surface area contributed by atoms with Crippen molar-refractivity contribution in [3.05, 3.63) is 0 Å². The number of carbonyl (C=O) groups is 4. The second kappa shape index (κ2) is 66.9. The van der Waals surface area contributed by atoms with Crippen molar-refractivity contribution in [3.8, 4) is 0 Å². The van der Waals surface area contributed by atoms with E-state index >= 15 is 0 Å². The van der Waals surface area contributed by atoms with Crippen LogP contribution in [-0.2, 0) is 65.4 Å². The lowest BCUT2D eigenvalue weighted by atomic mass is 10.00. The molecule has 0 aromatic rings. The van der Waals surface area contributed by atoms with Crippen molar-refractivity contribution in [1.82, 2.24) is 0 Å². The molecule has 0 fully saturated rings. The van der Waals surface area contributed by atoms with E-state index in [0.29, 0.717) is 25.7 Å². The molecule has 0 amide bonds. The van der Waals surface area contributed by atoms with Crippen LogP contribution >= 0.6 is 15.6 Å². The third-order valence-electron chi connectivity index (χ3n) is 17.8. The molecule has 6 atom stereocenters. The number of ether oxygens (including phenoxy) is 4. The smallest absolute Gasteiger partial charge is 0.462 e. The normalized spacial score (nSPS) is 14.3. The minimum absolute atomic E-state index is 0.103. The summed E-state index contributed by atoms with van der Waals surface area (Å²) >= 11 is 0. The van der Waals surface area contributed by atoms with Crippen LogP contribution < -0.4 is 0 Å². The van der Waals surface area contributed by atoms with E-state index in [1.807, 2.05) is 0 Å². The van der Waals surface area contributed by atoms with E-state index in [1.54, 1.807) is 0 Å². The van der Waals surface area contributed by atoms with E-state index in [2.05, 4.69) is 41.5 Å². The highest BCUT2D eigenvalue weighted by Crippen LogP contribution is 2.45. The van der Waals surface area contributed by atoms with Crippen LogP contribution in [0.1, 0.15) is 388 Å². The average Bonchev–Trinajstić information content (AvgIpc) is 2.14. The van der Waals surface area contributed by atoms with Crippen LogP contribution in [-0.4, -0.2) is 96.7 Å². The van der Waals surface area contributed by atoms with Crippen molar-refractivity contribution in [1.29, 1.82) is 0 Å². The number of esters is 4. The van der Waals surface area contributed by atoms with E-state index in [-0.39, 0.29) is 25.7 Å². The van der Waals surface area contributed by atoms with Crippen molar-refractivity contribution in [2.75, 3.05) is 39.6 Å². The first kappa shape index (κ1) is 92.1. The summed E-state index contributed by atoms with van der Waals surface area (Å²) in [4.78, 5) is 72.7. The van der Waals surface area contributed by atoms with Gasteiger partial charge in [-0.25, -0.2) is 9.13 Å². The Morgan fingerprint density at radius 3 is 0.809 bits per heavy atom. The van der Waals surface area contributed by atoms with Gasteiger partial charge in [0.2, 0.25) is 0 Å². The molecule has 0 aliphatic rings. The van der Waals surface area contributed by atoms with Crippen molar-refractivity contribution in [3.63, 3.8) is 0 Å². The first-order valence-electron chi connectivity index (χ1n) is 39.0. The molecule has 19 heteroatoms. The molecule has 0 radical (unpaired) electrons. The maximum atomic E-state index is 13.1. The van der Waals surface area contributed by atoms with E-state index in [9.17, 15) is 43.2 Å². The number of hydrogen-bond donors (Lipinski definition) is 3. The Bertz CT molecular complexity index is 1820. The highest BCUT2D eigenvalue weighted by atomic mass is 31.2. The molecule has 94 heavy (non-hydrogen) atoms. The zero-order valence-corrected chi connectivity index (χ0v) is 63.1. The lowest BCUT2D eigenvalue weighted by Gasteiger charge is -2.21. The van der Waals surface area contributed by atoms with Crippen molar-refractivity contribution < 1.29 is 80.2 Å². The SMILES string of the molecule is CCCCCCCCCCCCCCCCCCCCCCCC(=O)O[C@H](COC(=O)CCCCCCCCCCCCC(C)C)COP(=O)(O)OC[C@@H](O)COP(=O)(O)OC[C@@H](COC(=O)CCCCCCCCCCCC)OC(=O)CCCCCCCCC(C)CC. The van der Waals surface area contributed by atoms with Gasteiger partial charge in [0.25, 0.3) is 0 Å². The van der Waals surface area contributed by atoms with Gasteiger partial charge in [0.15, 0.2) is 12.2 Å². The Labute approximate surface area is 575 Å². The van der Waals surface area contributed by atoms with Gasteiger partial charge in [-0.2, -0.15) is 0 Å². The summed E-state index contributed by atoms with van der Waals surface area (Å²) < 4.78 is 68.4. The second-order valence-electron chi connectivity index (χ2n) is 27.8. The Kier molecular flexibility index (Phi) is 65.5. The fourth-order valence-corrected chi connectivity index (χ4v) is 13.0. The molecule has 0 bridgehead atoms. The molecule has 558 valence electrons. The van der Waals surface area contributed by atoms with E-state index in [4.69, 9.17) is 37.0 Å². The van der Waals surface area contributed by atoms with Gasteiger partial charge in [0, 0.05) is 25.7 Å². The molecule has 0 saturated heterocycles. The molecule has 0 aliphatic carbocycles. The van der Waals surface area contributed by atoms with E-state index < -0.39 is 97.5 Å². The van der Waals surface area contributed by atoms with Gasteiger partial charge in [-0.05, 0) is 37.5 Å². The summed E-state index contributed by atoms with van der Waals surface area (Å²) in [5.74, 6) is -0.643. The monoisotopic (exact) mass is 1380 g/mol. The summed E-state index contributed by atoms with van der Waals surface area (Å²) in [6, 6.07) is 0. The molecular formula is C75H146O17P2. The third kappa shape index (κ3) is 67.3. The van der Waals surface area contributed by atoms with Gasteiger partial charge in [-0.3, -0.25) is 37.3 Å². The Morgan fingerprint density at radius 1 is 0.309 bits per heavy atom. The second-order valence-corrected chi connectivity index (χ2v) is 30.7. The summed E-state index contributed by atoms with van der Waals surface area (Å²) in [5, 5.41) is 10.6. The number of aliphatic hydroxyl groups is 1. The van der Waals surface area contributed by atoms with Crippen molar-refractivity contribution >= 4 is 39.5 Å². The van der Waals surface area contributed by atoms with Crippen LogP contribution in [0, 0.1) is 11.8 Å². The largest absolute Gasteiger partial charge is 0.472 e. The Balaban J connectivity index is 5.19. The van der Waals surface area contributed by atoms with Crippen molar-refractivity contribution in [2.45, 2.75) is 407 Å². The predicted molar refractivity (Wildman–Crippen MR) is 381 cm³/mol. The molecule has 0 aromatic carbocycles. The van der Waals surface area contributed by atoms with Crippen molar-refractivity contribution in [2.24, 2.45) is 11.8 Å². The highest BCUT2D eigenvalue weighted by Gasteiger charge is 2.30. The number of phosphoric acid groups is 2. The standard InChI is InChI=1S/C75H146O17P2/c1-7-10-12-14-16-18-20-21-22-23-24-25-26-27-28-29-30-36-40-47-53-59-74(79)91-70(63-85-73(78)58-52-46-39-35-32-31-33-37-43-49-55-67(4)5)65-89-93(81,82)87-61-69(76)62-88-94(83,84)90-66-71(92-75(80)60-54-48-42-41-44-50-56-68(6)9-3)64-86-72(77)57-51-45-38-34-19-17-15-13-11-8-2/h67-71,76H,7-66H2,1-6H3,(H,81,82)(H,83,84)/t68?,69-,70-,71-/m1/s1. The summed E-state index contributed by atoms with van der Waals surface area (Å²) in [5.41, 5.74) is 0. The quantitative estimate of drug-likeness (QED) is 0.0222. The van der Waals surface area contributed by atoms with Crippen LogP contribution in [0.4, 0.5) is 0 Å². The molecule has 0 saturated carbocycles. The topological polar surface area (TPSA) is 237 Å². The fourth-order valence-electron chi connectivity index (χ4n) is 11.4. The van der Waals surface area contributed by atoms with Gasteiger partial charge in [-0.1, -0.05) is 337 Å². The molecule has 0 aromatic heterocycles. The van der Waals surface area contributed by atoms with Gasteiger partial charge < -0.3 is 33.8 Å². The summed E-state index contributed by atoms with van der Waals surface area (Å²) in [6.07, 6.45) is 54.3. The number of hydrogen-bond acceptors (Lipinski definition) is 15. The molecule has 0 spiro atoms. The van der Waals surface area contributed by atoms with Crippen LogP contribution in [0.3, 0.4) is 0 Å². The average molecular weight is 1380 g/mol. The minimum atomic E-state index is -4.96. The highest BCUT2D eigenvalue weighted by molar-refractivity contribution is 7.47. The lowest BCUT2D eigenvalue weighted by molar-refractivity contribution is -0.161. The first-order valence-corrected chi connectivity index (χ1v) is 42.0. The summed E-state index contributed by atoms with van der Waals surface area (Å²) in [6.45, 7) is 9.52. The van der Waals surface area contributed by atoms with Crippen LogP contribution in [0.15, 0.2) is 0 Å². The van der Waals surface area contributed by atoms with E-state index in [0.717, 1.165) is 102 Å². The number of aliphatic hydroxyl groups excluding tert-OH is 1. The first-order chi connectivity index (χ1) is 45.4. The molecule has 0 rings (SSSR count). The van der Waals surface area contributed by atoms with Gasteiger partial charge in [0.1, 0.15) is 19.3 Å². The van der Waals surface area contributed by atoms with Gasteiger partial charge in [0.05, 0.1) is 26.4 Å². The zero-order chi connectivity index (χ0) is 69.3. The van der Waals surface area contributed by atoms with Crippen LogP contribution in [0.25, 0.3) is 0 Å². The Morgan fingerprint density at radius 2 is 0.543 bits per heavy atom. The molecule has 3 unspecified atom stereocenters. The number of rotatable bonds is 74. The molecule has 0 aliphatic heterocycles. The third-order valence-corrected chi connectivity index (χ3v) is 19.7. The van der Waals surface area contributed by atoms with Gasteiger partial charge in [-0.15, -0.1) is 0 Å².